The van der Waals surface area contributed by atoms with E-state index in [4.69, 9.17) is 9.47 Å². The molecule has 1 saturated carbocycles. The molecule has 2 aliphatic rings. The molecule has 0 radical (unpaired) electrons. The zero-order chi connectivity index (χ0) is 23.2. The molecule has 6 heteroatoms. The van der Waals surface area contributed by atoms with Crippen molar-refractivity contribution in [3.05, 3.63) is 48.0 Å². The van der Waals surface area contributed by atoms with Gasteiger partial charge in [-0.25, -0.2) is 0 Å². The van der Waals surface area contributed by atoms with Crippen LogP contribution in [0.25, 0.3) is 0 Å². The third-order valence-corrected chi connectivity index (χ3v) is 6.53. The summed E-state index contributed by atoms with van der Waals surface area (Å²) in [6, 6.07) is 13.3. The molecule has 2 amide bonds. The lowest BCUT2D eigenvalue weighted by Crippen LogP contribution is -2.46. The summed E-state index contributed by atoms with van der Waals surface area (Å²) in [5.41, 5.74) is 2.52. The Balaban J connectivity index is 1.36. The molecule has 1 aliphatic heterocycles. The van der Waals surface area contributed by atoms with Crippen LogP contribution in [0.5, 0.6) is 11.5 Å². The summed E-state index contributed by atoms with van der Waals surface area (Å²) in [7, 11) is 0. The van der Waals surface area contributed by atoms with Crippen molar-refractivity contribution < 1.29 is 19.1 Å². The molecule has 2 aromatic carbocycles. The van der Waals surface area contributed by atoms with E-state index in [1.165, 1.54) is 32.1 Å². The average molecular weight is 451 g/mol. The highest BCUT2D eigenvalue weighted by Gasteiger charge is 2.31. The second-order valence-electron chi connectivity index (χ2n) is 9.19. The normalized spacial score (nSPS) is 18.4. The van der Waals surface area contributed by atoms with Gasteiger partial charge >= 0.3 is 0 Å². The van der Waals surface area contributed by atoms with E-state index in [-0.39, 0.29) is 11.8 Å². The minimum absolute atomic E-state index is 0.0314. The van der Waals surface area contributed by atoms with E-state index in [0.29, 0.717) is 42.6 Å². The first kappa shape index (κ1) is 23.1. The number of nitrogens with zero attached hydrogens (tertiary/aromatic N) is 1. The Hall–Kier alpha value is -3.02. The maximum absolute atomic E-state index is 12.8. The van der Waals surface area contributed by atoms with Crippen LogP contribution < -0.4 is 19.7 Å². The lowest BCUT2D eigenvalue weighted by atomic mass is 9.86. The minimum atomic E-state index is -0.589. The molecule has 1 atom stereocenters. The van der Waals surface area contributed by atoms with Crippen LogP contribution in [0, 0.1) is 12.8 Å². The van der Waals surface area contributed by atoms with Gasteiger partial charge in [-0.1, -0.05) is 44.2 Å². The summed E-state index contributed by atoms with van der Waals surface area (Å²) in [6.45, 7) is 4.55. The second-order valence-corrected chi connectivity index (χ2v) is 9.19. The predicted octanol–water partition coefficient (Wildman–Crippen LogP) is 5.49. The summed E-state index contributed by atoms with van der Waals surface area (Å²) in [6.07, 6.45) is 7.30. The number of fused-ring (bicyclic) bond motifs is 1. The molecule has 2 aromatic rings. The zero-order valence-electron chi connectivity index (χ0n) is 19.6. The van der Waals surface area contributed by atoms with E-state index in [0.717, 1.165) is 17.7 Å². The number of hydrogen-bond donors (Lipinski definition) is 1. The van der Waals surface area contributed by atoms with Crippen LogP contribution in [0.2, 0.25) is 0 Å². The van der Waals surface area contributed by atoms with E-state index < -0.39 is 6.10 Å². The van der Waals surface area contributed by atoms with Gasteiger partial charge in [0, 0.05) is 18.2 Å². The number of rotatable bonds is 8. The first-order valence-corrected chi connectivity index (χ1v) is 12.1. The molecule has 0 spiro atoms. The Labute approximate surface area is 196 Å². The van der Waals surface area contributed by atoms with Gasteiger partial charge in [-0.3, -0.25) is 9.59 Å². The number of aryl methyl sites for hydroxylation is 1. The Morgan fingerprint density at radius 1 is 1.15 bits per heavy atom. The minimum Gasteiger partial charge on any atom is -0.492 e. The molecule has 1 fully saturated rings. The highest BCUT2D eigenvalue weighted by atomic mass is 16.5. The van der Waals surface area contributed by atoms with Crippen molar-refractivity contribution in [3.8, 4) is 11.5 Å². The Bertz CT molecular complexity index is 984. The molecule has 1 unspecified atom stereocenters. The largest absolute Gasteiger partial charge is 0.492 e. The number of anilines is 2. The molecular formula is C27H34N2O4. The van der Waals surface area contributed by atoms with Crippen molar-refractivity contribution in [3.63, 3.8) is 0 Å². The van der Waals surface area contributed by atoms with Crippen molar-refractivity contribution in [2.75, 3.05) is 23.4 Å². The molecule has 176 valence electrons. The maximum Gasteiger partial charge on any atom is 0.267 e. The maximum atomic E-state index is 12.8. The smallest absolute Gasteiger partial charge is 0.267 e. The van der Waals surface area contributed by atoms with E-state index in [1.807, 2.05) is 49.4 Å². The number of hydrogen-bond acceptors (Lipinski definition) is 4. The Kier molecular flexibility index (Phi) is 7.53. The third kappa shape index (κ3) is 6.06. The molecule has 1 heterocycles. The Morgan fingerprint density at radius 2 is 1.97 bits per heavy atom. The first-order chi connectivity index (χ1) is 16.0. The van der Waals surface area contributed by atoms with Gasteiger partial charge in [0.2, 0.25) is 5.91 Å². The predicted molar refractivity (Wildman–Crippen MR) is 130 cm³/mol. The van der Waals surface area contributed by atoms with E-state index in [9.17, 15) is 9.59 Å². The number of ether oxygens (including phenoxy) is 2. The second kappa shape index (κ2) is 10.7. The molecule has 0 aromatic heterocycles. The highest BCUT2D eigenvalue weighted by Crippen LogP contribution is 2.36. The number of benzene rings is 2. The topological polar surface area (TPSA) is 67.9 Å². The fraction of sp³-hybridized carbons (Fsp3) is 0.481. The van der Waals surface area contributed by atoms with Crippen LogP contribution >= 0.6 is 0 Å². The lowest BCUT2D eigenvalue weighted by Gasteiger charge is -2.33. The molecule has 1 aliphatic carbocycles. The Morgan fingerprint density at radius 3 is 2.76 bits per heavy atom. The average Bonchev–Trinajstić information content (AvgIpc) is 2.81. The standard InChI is InChI=1S/C27H34N2O4/c1-19-7-6-10-23(17-19)32-16-15-29-24-13-12-22(18-25(24)33-20(2)27(29)31)28-26(30)14-11-21-8-4-3-5-9-21/h6-7,10,12-13,17-18,20-21H,3-5,8-9,11,14-16H2,1-2H3,(H,28,30). The van der Waals surface area contributed by atoms with E-state index >= 15 is 0 Å². The first-order valence-electron chi connectivity index (χ1n) is 12.1. The number of carbonyl (C=O) groups is 2. The van der Waals surface area contributed by atoms with Gasteiger partial charge in [-0.05, 0) is 56.0 Å². The molecule has 0 bridgehead atoms. The zero-order valence-corrected chi connectivity index (χ0v) is 19.6. The van der Waals surface area contributed by atoms with Crippen LogP contribution in [-0.4, -0.2) is 31.1 Å². The molecular weight excluding hydrogens is 416 g/mol. The number of carbonyl (C=O) groups excluding carboxylic acids is 2. The summed E-state index contributed by atoms with van der Waals surface area (Å²) in [5.74, 6) is 2.00. The quantitative estimate of drug-likeness (QED) is 0.578. The SMILES string of the molecule is Cc1cccc(OCCN2C(=O)C(C)Oc3cc(NC(=O)CCC4CCCCC4)ccc32)c1. The van der Waals surface area contributed by atoms with Crippen LogP contribution in [0.3, 0.4) is 0 Å². The van der Waals surface area contributed by atoms with Crippen molar-refractivity contribution in [2.45, 2.75) is 64.9 Å². The summed E-state index contributed by atoms with van der Waals surface area (Å²) >= 11 is 0. The van der Waals surface area contributed by atoms with Crippen molar-refractivity contribution >= 4 is 23.2 Å². The fourth-order valence-electron chi connectivity index (χ4n) is 4.71. The van der Waals surface area contributed by atoms with Crippen LogP contribution in [0.1, 0.15) is 57.4 Å². The fourth-order valence-corrected chi connectivity index (χ4v) is 4.71. The third-order valence-electron chi connectivity index (χ3n) is 6.53. The van der Waals surface area contributed by atoms with Crippen molar-refractivity contribution in [2.24, 2.45) is 5.92 Å². The summed E-state index contributed by atoms with van der Waals surface area (Å²) < 4.78 is 11.7. The van der Waals surface area contributed by atoms with Gasteiger partial charge in [0.05, 0.1) is 12.2 Å². The van der Waals surface area contributed by atoms with Crippen molar-refractivity contribution in [1.82, 2.24) is 0 Å². The van der Waals surface area contributed by atoms with Gasteiger partial charge in [0.1, 0.15) is 18.1 Å². The van der Waals surface area contributed by atoms with Gasteiger partial charge in [-0.2, -0.15) is 0 Å². The molecule has 0 saturated heterocycles. The molecule has 6 nitrogen and oxygen atoms in total. The van der Waals surface area contributed by atoms with Crippen LogP contribution in [0.15, 0.2) is 42.5 Å². The highest BCUT2D eigenvalue weighted by molar-refractivity contribution is 6.00. The van der Waals surface area contributed by atoms with Gasteiger partial charge in [-0.15, -0.1) is 0 Å². The monoisotopic (exact) mass is 450 g/mol. The van der Waals surface area contributed by atoms with E-state index in [2.05, 4.69) is 5.32 Å². The summed E-state index contributed by atoms with van der Waals surface area (Å²) in [5, 5.41) is 3.00. The lowest BCUT2D eigenvalue weighted by molar-refractivity contribution is -0.125. The summed E-state index contributed by atoms with van der Waals surface area (Å²) in [4.78, 5) is 26.9. The van der Waals surface area contributed by atoms with E-state index in [1.54, 1.807) is 11.8 Å². The van der Waals surface area contributed by atoms with Gasteiger partial charge < -0.3 is 19.7 Å². The number of amides is 2. The molecule has 33 heavy (non-hydrogen) atoms. The van der Waals surface area contributed by atoms with Crippen LogP contribution in [-0.2, 0) is 9.59 Å². The van der Waals surface area contributed by atoms with Gasteiger partial charge in [0.25, 0.3) is 5.91 Å². The molecule has 1 N–H and O–H groups in total. The van der Waals surface area contributed by atoms with Gasteiger partial charge in [0.15, 0.2) is 6.10 Å². The number of nitrogens with one attached hydrogen (secondary N) is 1. The van der Waals surface area contributed by atoms with Crippen molar-refractivity contribution in [1.29, 1.82) is 0 Å². The molecule has 4 rings (SSSR count). The van der Waals surface area contributed by atoms with Crippen LogP contribution in [0.4, 0.5) is 11.4 Å².